The van der Waals surface area contributed by atoms with Crippen LogP contribution in [0.2, 0.25) is 0 Å². The van der Waals surface area contributed by atoms with Crippen molar-refractivity contribution in [3.05, 3.63) is 58.1 Å². The van der Waals surface area contributed by atoms with E-state index in [1.807, 2.05) is 57.2 Å². The summed E-state index contributed by atoms with van der Waals surface area (Å²) in [5, 5.41) is 3.09. The molecule has 1 aliphatic rings. The second kappa shape index (κ2) is 7.08. The van der Waals surface area contributed by atoms with E-state index in [1.54, 1.807) is 0 Å². The van der Waals surface area contributed by atoms with Crippen LogP contribution in [-0.2, 0) is 4.79 Å². The molecule has 1 aliphatic heterocycles. The zero-order valence-electron chi connectivity index (χ0n) is 14.6. The fraction of sp³-hybridized carbons (Fsp3) is 0.350. The highest BCUT2D eigenvalue weighted by molar-refractivity contribution is 9.10. The van der Waals surface area contributed by atoms with Gasteiger partial charge >= 0.3 is 0 Å². The van der Waals surface area contributed by atoms with Gasteiger partial charge in [0.05, 0.1) is 6.04 Å². The number of rotatable bonds is 4. The Morgan fingerprint density at radius 2 is 2.00 bits per heavy atom. The van der Waals surface area contributed by atoms with Crippen molar-refractivity contribution in [1.82, 2.24) is 5.32 Å². The van der Waals surface area contributed by atoms with Gasteiger partial charge in [-0.15, -0.1) is 0 Å². The average Bonchev–Trinajstić information content (AvgIpc) is 2.54. The molecule has 0 radical (unpaired) electrons. The van der Waals surface area contributed by atoms with Crippen LogP contribution in [0.15, 0.2) is 46.9 Å². The summed E-state index contributed by atoms with van der Waals surface area (Å²) < 4.78 is 12.6. The molecule has 4 nitrogen and oxygen atoms in total. The molecule has 1 amide bonds. The van der Waals surface area contributed by atoms with Crippen molar-refractivity contribution in [3.8, 4) is 11.5 Å². The number of carbonyl (C=O) groups excluding carboxylic acids is 1. The number of ether oxygens (including phenoxy) is 2. The minimum Gasteiger partial charge on any atom is -0.487 e. The van der Waals surface area contributed by atoms with Crippen molar-refractivity contribution in [2.24, 2.45) is 0 Å². The van der Waals surface area contributed by atoms with Gasteiger partial charge < -0.3 is 14.8 Å². The molecule has 0 fully saturated rings. The molecule has 3 rings (SSSR count). The van der Waals surface area contributed by atoms with Gasteiger partial charge in [-0.2, -0.15) is 0 Å². The van der Waals surface area contributed by atoms with E-state index in [-0.39, 0.29) is 24.2 Å². The van der Waals surface area contributed by atoms with Gasteiger partial charge in [-0.1, -0.05) is 33.6 Å². The predicted molar refractivity (Wildman–Crippen MR) is 101 cm³/mol. The van der Waals surface area contributed by atoms with Gasteiger partial charge in [-0.05, 0) is 51.1 Å². The van der Waals surface area contributed by atoms with E-state index in [0.717, 1.165) is 21.3 Å². The summed E-state index contributed by atoms with van der Waals surface area (Å²) >= 11 is 3.38. The van der Waals surface area contributed by atoms with Crippen LogP contribution in [0.25, 0.3) is 0 Å². The zero-order chi connectivity index (χ0) is 18.0. The molecule has 0 unspecified atom stereocenters. The molecule has 2 aromatic carbocycles. The molecule has 0 aliphatic carbocycles. The van der Waals surface area contributed by atoms with Crippen molar-refractivity contribution in [2.75, 3.05) is 6.61 Å². The van der Waals surface area contributed by atoms with E-state index in [2.05, 4.69) is 27.3 Å². The van der Waals surface area contributed by atoms with Crippen molar-refractivity contribution in [2.45, 2.75) is 38.8 Å². The van der Waals surface area contributed by atoms with E-state index >= 15 is 0 Å². The quantitative estimate of drug-likeness (QED) is 0.813. The smallest absolute Gasteiger partial charge is 0.258 e. The highest BCUT2D eigenvalue weighted by Gasteiger charge is 2.34. The summed E-state index contributed by atoms with van der Waals surface area (Å²) in [6, 6.07) is 13.4. The average molecular weight is 404 g/mol. The largest absolute Gasteiger partial charge is 0.487 e. The Bertz CT molecular complexity index is 771. The Labute approximate surface area is 156 Å². The zero-order valence-corrected chi connectivity index (χ0v) is 16.2. The van der Waals surface area contributed by atoms with Crippen LogP contribution in [0.4, 0.5) is 0 Å². The van der Waals surface area contributed by atoms with Crippen LogP contribution >= 0.6 is 15.9 Å². The maximum absolute atomic E-state index is 12.4. The van der Waals surface area contributed by atoms with Crippen LogP contribution in [0, 0.1) is 6.92 Å². The number of carbonyl (C=O) groups is 1. The molecule has 0 aromatic heterocycles. The first-order valence-electron chi connectivity index (χ1n) is 8.30. The fourth-order valence-corrected chi connectivity index (χ4v) is 3.28. The van der Waals surface area contributed by atoms with Crippen LogP contribution in [0.1, 0.15) is 37.4 Å². The van der Waals surface area contributed by atoms with Crippen LogP contribution < -0.4 is 14.8 Å². The van der Waals surface area contributed by atoms with Crippen molar-refractivity contribution < 1.29 is 14.3 Å². The molecular formula is C20H22BrNO3. The summed E-state index contributed by atoms with van der Waals surface area (Å²) in [5.74, 6) is 1.36. The van der Waals surface area contributed by atoms with Gasteiger partial charge in [0.2, 0.25) is 0 Å². The summed E-state index contributed by atoms with van der Waals surface area (Å²) in [4.78, 5) is 12.4. The maximum atomic E-state index is 12.4. The number of amides is 1. The molecule has 0 saturated carbocycles. The first kappa shape index (κ1) is 17.8. The van der Waals surface area contributed by atoms with Gasteiger partial charge in [0.1, 0.15) is 17.1 Å². The summed E-state index contributed by atoms with van der Waals surface area (Å²) in [6.45, 7) is 6.09. The lowest BCUT2D eigenvalue weighted by Gasteiger charge is -2.38. The highest BCUT2D eigenvalue weighted by atomic mass is 79.9. The summed E-state index contributed by atoms with van der Waals surface area (Å²) in [5.41, 5.74) is 1.84. The van der Waals surface area contributed by atoms with Gasteiger partial charge in [0.15, 0.2) is 6.61 Å². The SMILES string of the molecule is Cc1ccc2c(c1)[C@H](NC(=O)COc1ccc(Br)cc1)CC(C)(C)O2. The van der Waals surface area contributed by atoms with Crippen LogP contribution in [0.5, 0.6) is 11.5 Å². The second-order valence-electron chi connectivity index (χ2n) is 6.97. The third-order valence-electron chi connectivity index (χ3n) is 4.14. The fourth-order valence-electron chi connectivity index (χ4n) is 3.02. The number of nitrogens with one attached hydrogen (secondary N) is 1. The van der Waals surface area contributed by atoms with E-state index < -0.39 is 0 Å². The molecule has 0 bridgehead atoms. The topological polar surface area (TPSA) is 47.6 Å². The molecule has 0 saturated heterocycles. The maximum Gasteiger partial charge on any atom is 0.258 e. The lowest BCUT2D eigenvalue weighted by atomic mass is 9.89. The van der Waals surface area contributed by atoms with Crippen molar-refractivity contribution in [3.63, 3.8) is 0 Å². The third kappa shape index (κ3) is 4.54. The Morgan fingerprint density at radius 3 is 2.72 bits per heavy atom. The predicted octanol–water partition coefficient (Wildman–Crippen LogP) is 4.55. The number of halogens is 1. The van der Waals surface area contributed by atoms with E-state index in [4.69, 9.17) is 9.47 Å². The number of fused-ring (bicyclic) bond motifs is 1. The van der Waals surface area contributed by atoms with E-state index in [1.165, 1.54) is 0 Å². The Hall–Kier alpha value is -2.01. The molecule has 132 valence electrons. The monoisotopic (exact) mass is 403 g/mol. The lowest BCUT2D eigenvalue weighted by Crippen LogP contribution is -2.42. The number of benzene rings is 2. The molecule has 25 heavy (non-hydrogen) atoms. The van der Waals surface area contributed by atoms with Crippen LogP contribution in [0.3, 0.4) is 0 Å². The van der Waals surface area contributed by atoms with Gasteiger partial charge in [0.25, 0.3) is 5.91 Å². The van der Waals surface area contributed by atoms with Crippen molar-refractivity contribution >= 4 is 21.8 Å². The number of aryl methyl sites for hydroxylation is 1. The molecule has 0 spiro atoms. The first-order valence-corrected chi connectivity index (χ1v) is 9.09. The normalized spacial score (nSPS) is 18.0. The lowest BCUT2D eigenvalue weighted by molar-refractivity contribution is -0.124. The molecular weight excluding hydrogens is 382 g/mol. The Morgan fingerprint density at radius 1 is 1.28 bits per heavy atom. The van der Waals surface area contributed by atoms with E-state index in [0.29, 0.717) is 12.2 Å². The summed E-state index contributed by atoms with van der Waals surface area (Å²) in [6.07, 6.45) is 0.716. The molecule has 1 heterocycles. The first-order chi connectivity index (χ1) is 11.8. The summed E-state index contributed by atoms with van der Waals surface area (Å²) in [7, 11) is 0. The van der Waals surface area contributed by atoms with Gasteiger partial charge in [0, 0.05) is 16.5 Å². The molecule has 5 heteroatoms. The molecule has 1 atom stereocenters. The highest BCUT2D eigenvalue weighted by Crippen LogP contribution is 2.39. The van der Waals surface area contributed by atoms with Gasteiger partial charge in [-0.3, -0.25) is 4.79 Å². The second-order valence-corrected chi connectivity index (χ2v) is 7.89. The molecule has 2 aromatic rings. The van der Waals surface area contributed by atoms with Crippen molar-refractivity contribution in [1.29, 1.82) is 0 Å². The third-order valence-corrected chi connectivity index (χ3v) is 4.67. The van der Waals surface area contributed by atoms with E-state index in [9.17, 15) is 4.79 Å². The minimum absolute atomic E-state index is 0.0133. The number of hydrogen-bond donors (Lipinski definition) is 1. The number of hydrogen-bond acceptors (Lipinski definition) is 3. The van der Waals surface area contributed by atoms with Gasteiger partial charge in [-0.25, -0.2) is 0 Å². The molecule has 1 N–H and O–H groups in total. The Balaban J connectivity index is 1.68. The Kier molecular flexibility index (Phi) is 5.04. The van der Waals surface area contributed by atoms with Crippen LogP contribution in [-0.4, -0.2) is 18.1 Å². The standard InChI is InChI=1S/C20H22BrNO3/c1-13-4-9-18-16(10-13)17(11-20(2,3)25-18)22-19(23)12-24-15-7-5-14(21)6-8-15/h4-10,17H,11-12H2,1-3H3,(H,22,23)/t17-/m1/s1. The minimum atomic E-state index is -0.327.